The Morgan fingerprint density at radius 2 is 2.45 bits per heavy atom. The van der Waals surface area contributed by atoms with E-state index in [9.17, 15) is 9.59 Å². The van der Waals surface area contributed by atoms with E-state index in [2.05, 4.69) is 10.3 Å². The van der Waals surface area contributed by atoms with Crippen molar-refractivity contribution in [2.24, 2.45) is 0 Å². The third-order valence-electron chi connectivity index (χ3n) is 3.15. The van der Waals surface area contributed by atoms with Crippen molar-refractivity contribution in [2.45, 2.75) is 12.5 Å². The Balaban J connectivity index is 1.68. The van der Waals surface area contributed by atoms with Crippen LogP contribution < -0.4 is 5.32 Å². The van der Waals surface area contributed by atoms with Crippen LogP contribution in [0.15, 0.2) is 28.2 Å². The smallest absolute Gasteiger partial charge is 0.271 e. The molecule has 0 bridgehead atoms. The number of carbonyl (C=O) groups excluding carboxylic acids is 2. The van der Waals surface area contributed by atoms with Crippen molar-refractivity contribution < 1.29 is 14.0 Å². The number of furan rings is 1. The third-order valence-corrected chi connectivity index (χ3v) is 4.00. The summed E-state index contributed by atoms with van der Waals surface area (Å²) in [6.45, 7) is 0.541. The Bertz CT molecular complexity index is 635. The molecule has 0 unspecified atom stereocenters. The molecule has 1 aliphatic heterocycles. The van der Waals surface area contributed by atoms with Crippen LogP contribution in [0.3, 0.4) is 0 Å². The highest BCUT2D eigenvalue weighted by Crippen LogP contribution is 2.24. The maximum atomic E-state index is 12.1. The van der Waals surface area contributed by atoms with Crippen LogP contribution in [0.2, 0.25) is 0 Å². The fourth-order valence-electron chi connectivity index (χ4n) is 2.11. The van der Waals surface area contributed by atoms with Crippen LogP contribution in [0.25, 0.3) is 10.8 Å². The van der Waals surface area contributed by atoms with Crippen molar-refractivity contribution in [1.29, 1.82) is 0 Å². The molecule has 0 spiro atoms. The molecule has 2 aromatic rings. The molecular weight excluding hydrogens is 278 g/mol. The molecule has 3 heterocycles. The average Bonchev–Trinajstić information content (AvgIpc) is 3.12. The second-order valence-corrected chi connectivity index (χ2v) is 5.52. The molecule has 1 saturated heterocycles. The molecule has 7 heteroatoms. The van der Waals surface area contributed by atoms with Gasteiger partial charge in [0.05, 0.1) is 12.3 Å². The maximum Gasteiger partial charge on any atom is 0.271 e. The zero-order valence-corrected chi connectivity index (χ0v) is 11.6. The topological polar surface area (TPSA) is 75.4 Å². The zero-order chi connectivity index (χ0) is 14.1. The van der Waals surface area contributed by atoms with Gasteiger partial charge >= 0.3 is 0 Å². The lowest BCUT2D eigenvalue weighted by Gasteiger charge is -2.11. The minimum Gasteiger partial charge on any atom is -0.462 e. The highest BCUT2D eigenvalue weighted by molar-refractivity contribution is 7.13. The molecular formula is C13H13N3O3S. The highest BCUT2D eigenvalue weighted by atomic mass is 32.1. The molecule has 0 saturated carbocycles. The lowest BCUT2D eigenvalue weighted by molar-refractivity contribution is -0.126. The van der Waals surface area contributed by atoms with Crippen molar-refractivity contribution >= 4 is 23.2 Å². The van der Waals surface area contributed by atoms with Crippen molar-refractivity contribution in [3.8, 4) is 10.8 Å². The summed E-state index contributed by atoms with van der Waals surface area (Å²) in [5.74, 6) is 0.432. The van der Waals surface area contributed by atoms with E-state index in [-0.39, 0.29) is 17.9 Å². The molecule has 1 aliphatic rings. The van der Waals surface area contributed by atoms with E-state index in [0.717, 1.165) is 0 Å². The van der Waals surface area contributed by atoms with Gasteiger partial charge in [0.15, 0.2) is 10.8 Å². The Hall–Kier alpha value is -2.15. The highest BCUT2D eigenvalue weighted by Gasteiger charge is 2.28. The summed E-state index contributed by atoms with van der Waals surface area (Å²) < 4.78 is 5.24. The molecule has 1 fully saturated rings. The van der Waals surface area contributed by atoms with E-state index in [1.54, 1.807) is 35.7 Å². The second-order valence-electron chi connectivity index (χ2n) is 4.66. The summed E-state index contributed by atoms with van der Waals surface area (Å²) in [6.07, 6.45) is 1.91. The van der Waals surface area contributed by atoms with Gasteiger partial charge in [0.2, 0.25) is 5.91 Å². The summed E-state index contributed by atoms with van der Waals surface area (Å²) in [7, 11) is 1.73. The second kappa shape index (κ2) is 5.09. The standard InChI is InChI=1S/C13H13N3O3S/c1-16-6-8(5-11(16)17)14-12(18)9-7-20-13(15-9)10-3-2-4-19-10/h2-4,7-8H,5-6H2,1H3,(H,14,18)/t8-/m1/s1. The van der Waals surface area contributed by atoms with Crippen LogP contribution in [0.4, 0.5) is 0 Å². The molecule has 0 aromatic carbocycles. The average molecular weight is 291 g/mol. The number of likely N-dealkylation sites (tertiary alicyclic amines) is 1. The van der Waals surface area contributed by atoms with Gasteiger partial charge in [-0.25, -0.2) is 4.98 Å². The number of hydrogen-bond acceptors (Lipinski definition) is 5. The number of nitrogens with one attached hydrogen (secondary N) is 1. The van der Waals surface area contributed by atoms with E-state index in [1.165, 1.54) is 11.3 Å². The van der Waals surface area contributed by atoms with E-state index >= 15 is 0 Å². The van der Waals surface area contributed by atoms with E-state index < -0.39 is 0 Å². The van der Waals surface area contributed by atoms with Crippen LogP contribution in [-0.4, -0.2) is 41.3 Å². The molecule has 1 N–H and O–H groups in total. The predicted octanol–water partition coefficient (Wildman–Crippen LogP) is 1.36. The quantitative estimate of drug-likeness (QED) is 0.926. The first-order valence-electron chi connectivity index (χ1n) is 6.17. The zero-order valence-electron chi connectivity index (χ0n) is 10.8. The number of amides is 2. The van der Waals surface area contributed by atoms with Crippen LogP contribution in [0.1, 0.15) is 16.9 Å². The Morgan fingerprint density at radius 1 is 1.60 bits per heavy atom. The van der Waals surface area contributed by atoms with Gasteiger partial charge < -0.3 is 14.6 Å². The van der Waals surface area contributed by atoms with Gasteiger partial charge in [-0.3, -0.25) is 9.59 Å². The maximum absolute atomic E-state index is 12.1. The Kier molecular flexibility index (Phi) is 3.27. The lowest BCUT2D eigenvalue weighted by Crippen LogP contribution is -2.36. The summed E-state index contributed by atoms with van der Waals surface area (Å²) in [5, 5.41) is 5.18. The minimum absolute atomic E-state index is 0.0462. The van der Waals surface area contributed by atoms with Gasteiger partial charge in [-0.15, -0.1) is 11.3 Å². The normalized spacial score (nSPS) is 18.6. The molecule has 6 nitrogen and oxygen atoms in total. The largest absolute Gasteiger partial charge is 0.462 e. The molecule has 3 rings (SSSR count). The number of hydrogen-bond donors (Lipinski definition) is 1. The number of thiazole rings is 1. The minimum atomic E-state index is -0.257. The van der Waals surface area contributed by atoms with Gasteiger partial charge in [-0.1, -0.05) is 0 Å². The first kappa shape index (κ1) is 12.9. The Morgan fingerprint density at radius 3 is 3.10 bits per heavy atom. The van der Waals surface area contributed by atoms with E-state index in [0.29, 0.717) is 29.4 Å². The number of aromatic nitrogens is 1. The fraction of sp³-hybridized carbons (Fsp3) is 0.308. The predicted molar refractivity (Wildman–Crippen MR) is 73.3 cm³/mol. The van der Waals surface area contributed by atoms with Gasteiger partial charge in [0, 0.05) is 25.4 Å². The first-order chi connectivity index (χ1) is 9.63. The molecule has 2 amide bonds. The van der Waals surface area contributed by atoms with E-state index in [1.807, 2.05) is 0 Å². The van der Waals surface area contributed by atoms with Crippen molar-refractivity contribution in [3.63, 3.8) is 0 Å². The van der Waals surface area contributed by atoms with Gasteiger partial charge in [-0.2, -0.15) is 0 Å². The number of nitrogens with zero attached hydrogens (tertiary/aromatic N) is 2. The summed E-state index contributed by atoms with van der Waals surface area (Å²) >= 11 is 1.35. The summed E-state index contributed by atoms with van der Waals surface area (Å²) in [6, 6.07) is 3.43. The number of likely N-dealkylation sites (N-methyl/N-ethyl adjacent to an activating group) is 1. The van der Waals surface area contributed by atoms with Gasteiger partial charge in [0.1, 0.15) is 5.69 Å². The van der Waals surface area contributed by atoms with E-state index in [4.69, 9.17) is 4.42 Å². The molecule has 0 radical (unpaired) electrons. The molecule has 0 aliphatic carbocycles. The van der Waals surface area contributed by atoms with Gasteiger partial charge in [0.25, 0.3) is 5.91 Å². The van der Waals surface area contributed by atoms with Crippen molar-refractivity contribution in [1.82, 2.24) is 15.2 Å². The summed E-state index contributed by atoms with van der Waals surface area (Å²) in [4.78, 5) is 29.3. The lowest BCUT2D eigenvalue weighted by atomic mass is 10.2. The molecule has 2 aromatic heterocycles. The molecule has 20 heavy (non-hydrogen) atoms. The first-order valence-corrected chi connectivity index (χ1v) is 7.05. The number of rotatable bonds is 3. The fourth-order valence-corrected chi connectivity index (χ4v) is 2.88. The van der Waals surface area contributed by atoms with Crippen LogP contribution in [0.5, 0.6) is 0 Å². The van der Waals surface area contributed by atoms with Crippen molar-refractivity contribution in [3.05, 3.63) is 29.5 Å². The molecule has 104 valence electrons. The Labute approximate surface area is 119 Å². The monoisotopic (exact) mass is 291 g/mol. The number of carbonyl (C=O) groups is 2. The summed E-state index contributed by atoms with van der Waals surface area (Å²) in [5.41, 5.74) is 0.350. The third kappa shape index (κ3) is 2.44. The van der Waals surface area contributed by atoms with Gasteiger partial charge in [-0.05, 0) is 12.1 Å². The van der Waals surface area contributed by atoms with Crippen molar-refractivity contribution in [2.75, 3.05) is 13.6 Å². The van der Waals surface area contributed by atoms with Crippen LogP contribution in [-0.2, 0) is 4.79 Å². The molecule has 1 atom stereocenters. The SMILES string of the molecule is CN1C[C@H](NC(=O)c2csc(-c3ccco3)n2)CC1=O. The van der Waals surface area contributed by atoms with Crippen LogP contribution in [0, 0.1) is 0 Å². The van der Waals surface area contributed by atoms with Crippen LogP contribution >= 0.6 is 11.3 Å².